The molecule has 27 heavy (non-hydrogen) atoms. The van der Waals surface area contributed by atoms with Gasteiger partial charge in [0.05, 0.1) is 11.6 Å². The summed E-state index contributed by atoms with van der Waals surface area (Å²) >= 11 is 1.48. The van der Waals surface area contributed by atoms with Gasteiger partial charge in [0.2, 0.25) is 0 Å². The summed E-state index contributed by atoms with van der Waals surface area (Å²) in [6.07, 6.45) is 7.59. The van der Waals surface area contributed by atoms with E-state index in [0.29, 0.717) is 34.8 Å². The molecule has 1 fully saturated rings. The molecule has 1 aliphatic carbocycles. The topological polar surface area (TPSA) is 89.0 Å². The third-order valence-electron chi connectivity index (χ3n) is 4.58. The standard InChI is InChI=1S/C19H21N5O2S/c1-3-21-18-16(12(2)20)17(23-24(18)13-7-4-5-8-13)19-22-14(11-25-19)26-15-9-6-10-27-15/h3,6,9-11,13,20-21H,1,4-5,7-8H2,2H3. The average Bonchev–Trinajstić information content (AvgIpc) is 3.42. The summed E-state index contributed by atoms with van der Waals surface area (Å²) in [5.41, 5.74) is 1.60. The smallest absolute Gasteiger partial charge is 0.259 e. The van der Waals surface area contributed by atoms with Gasteiger partial charge in [0, 0.05) is 5.71 Å². The van der Waals surface area contributed by atoms with Crippen LogP contribution >= 0.6 is 11.3 Å². The van der Waals surface area contributed by atoms with E-state index in [9.17, 15) is 0 Å². The fourth-order valence-corrected chi connectivity index (χ4v) is 4.01. The van der Waals surface area contributed by atoms with Crippen LogP contribution in [-0.4, -0.2) is 20.5 Å². The number of aromatic nitrogens is 3. The number of hydrogen-bond acceptors (Lipinski definition) is 7. The number of ether oxygens (including phenoxy) is 1. The SMILES string of the molecule is C=CNc1c(C(C)=N)c(-c2nc(Oc3cccs3)co2)nn1C1CCCC1. The van der Waals surface area contributed by atoms with Crippen molar-refractivity contribution >= 4 is 22.9 Å². The van der Waals surface area contributed by atoms with Gasteiger partial charge in [-0.2, -0.15) is 10.1 Å². The maximum Gasteiger partial charge on any atom is 0.259 e. The molecule has 7 nitrogen and oxygen atoms in total. The first kappa shape index (κ1) is 17.5. The summed E-state index contributed by atoms with van der Waals surface area (Å²) in [5, 5.41) is 18.9. The molecule has 3 aromatic rings. The van der Waals surface area contributed by atoms with Crippen molar-refractivity contribution < 1.29 is 9.15 Å². The number of oxazole rings is 1. The van der Waals surface area contributed by atoms with Crippen LogP contribution in [0.25, 0.3) is 11.6 Å². The Kier molecular flexibility index (Phi) is 4.81. The van der Waals surface area contributed by atoms with E-state index in [1.165, 1.54) is 30.4 Å². The van der Waals surface area contributed by atoms with Gasteiger partial charge in [0.15, 0.2) is 17.0 Å². The second kappa shape index (κ2) is 7.40. The first-order valence-electron chi connectivity index (χ1n) is 8.90. The molecule has 0 spiro atoms. The van der Waals surface area contributed by atoms with E-state index in [0.717, 1.165) is 23.7 Å². The van der Waals surface area contributed by atoms with Gasteiger partial charge in [0.25, 0.3) is 11.8 Å². The van der Waals surface area contributed by atoms with E-state index in [2.05, 4.69) is 16.9 Å². The molecule has 0 saturated heterocycles. The van der Waals surface area contributed by atoms with Gasteiger partial charge < -0.3 is 19.9 Å². The molecule has 140 valence electrons. The third-order valence-corrected chi connectivity index (χ3v) is 5.33. The zero-order valence-electron chi connectivity index (χ0n) is 15.1. The summed E-state index contributed by atoms with van der Waals surface area (Å²) in [5.74, 6) is 1.47. The average molecular weight is 383 g/mol. The second-order valence-corrected chi connectivity index (χ2v) is 7.36. The molecule has 0 radical (unpaired) electrons. The minimum absolute atomic E-state index is 0.302. The Bertz CT molecular complexity index is 951. The van der Waals surface area contributed by atoms with E-state index in [4.69, 9.17) is 19.7 Å². The summed E-state index contributed by atoms with van der Waals surface area (Å²) in [6, 6.07) is 4.08. The zero-order valence-corrected chi connectivity index (χ0v) is 15.9. The first-order chi connectivity index (χ1) is 13.2. The Labute approximate surface area is 161 Å². The highest BCUT2D eigenvalue weighted by atomic mass is 32.1. The maximum absolute atomic E-state index is 8.27. The highest BCUT2D eigenvalue weighted by molar-refractivity contribution is 7.11. The van der Waals surface area contributed by atoms with E-state index in [1.807, 2.05) is 22.2 Å². The van der Waals surface area contributed by atoms with Crippen LogP contribution in [-0.2, 0) is 0 Å². The predicted octanol–water partition coefficient (Wildman–Crippen LogP) is 5.45. The Morgan fingerprint density at radius 2 is 2.30 bits per heavy atom. The molecule has 1 aliphatic rings. The quantitative estimate of drug-likeness (QED) is 0.530. The van der Waals surface area contributed by atoms with Crippen molar-refractivity contribution in [2.75, 3.05) is 5.32 Å². The van der Waals surface area contributed by atoms with Crippen molar-refractivity contribution in [2.45, 2.75) is 38.6 Å². The van der Waals surface area contributed by atoms with Crippen LogP contribution < -0.4 is 10.1 Å². The molecule has 0 unspecified atom stereocenters. The fraction of sp³-hybridized carbons (Fsp3) is 0.316. The Hall–Kier alpha value is -2.87. The molecule has 0 bridgehead atoms. The van der Waals surface area contributed by atoms with Crippen molar-refractivity contribution in [2.24, 2.45) is 0 Å². The molecule has 3 aromatic heterocycles. The van der Waals surface area contributed by atoms with Gasteiger partial charge in [-0.3, -0.25) is 0 Å². The minimum Gasteiger partial charge on any atom is -0.439 e. The molecule has 3 heterocycles. The maximum atomic E-state index is 8.27. The number of nitrogens with one attached hydrogen (secondary N) is 2. The summed E-state index contributed by atoms with van der Waals surface area (Å²) in [4.78, 5) is 4.43. The number of nitrogens with zero attached hydrogens (tertiary/aromatic N) is 3. The largest absolute Gasteiger partial charge is 0.439 e. The lowest BCUT2D eigenvalue weighted by Gasteiger charge is -2.14. The van der Waals surface area contributed by atoms with Crippen molar-refractivity contribution in [1.29, 1.82) is 5.41 Å². The predicted molar refractivity (Wildman–Crippen MR) is 106 cm³/mol. The monoisotopic (exact) mass is 383 g/mol. The third kappa shape index (κ3) is 3.40. The Balaban J connectivity index is 1.75. The van der Waals surface area contributed by atoms with Gasteiger partial charge in [-0.1, -0.05) is 19.4 Å². The van der Waals surface area contributed by atoms with Gasteiger partial charge >= 0.3 is 0 Å². The highest BCUT2D eigenvalue weighted by Crippen LogP contribution is 2.37. The van der Waals surface area contributed by atoms with Crippen molar-refractivity contribution in [3.8, 4) is 22.5 Å². The lowest BCUT2D eigenvalue weighted by Crippen LogP contribution is -2.10. The molecule has 4 rings (SSSR count). The minimum atomic E-state index is 0.302. The zero-order chi connectivity index (χ0) is 18.8. The summed E-state index contributed by atoms with van der Waals surface area (Å²) in [6.45, 7) is 5.51. The molecular weight excluding hydrogens is 362 g/mol. The lowest BCUT2D eigenvalue weighted by molar-refractivity contribution is 0.468. The Morgan fingerprint density at radius 3 is 2.96 bits per heavy atom. The molecule has 0 aromatic carbocycles. The van der Waals surface area contributed by atoms with E-state index < -0.39 is 0 Å². The van der Waals surface area contributed by atoms with Crippen LogP contribution in [0.2, 0.25) is 0 Å². The number of thiophene rings is 1. The second-order valence-electron chi connectivity index (χ2n) is 6.45. The molecule has 0 atom stereocenters. The first-order valence-corrected chi connectivity index (χ1v) is 9.78. The normalized spacial score (nSPS) is 14.4. The molecule has 8 heteroatoms. The van der Waals surface area contributed by atoms with Crippen molar-refractivity contribution in [3.05, 3.63) is 42.1 Å². The van der Waals surface area contributed by atoms with Gasteiger partial charge in [-0.05, 0) is 43.5 Å². The van der Waals surface area contributed by atoms with Crippen LogP contribution in [0.15, 0.2) is 41.0 Å². The van der Waals surface area contributed by atoms with Crippen molar-refractivity contribution in [3.63, 3.8) is 0 Å². The van der Waals surface area contributed by atoms with Gasteiger partial charge in [-0.15, -0.1) is 11.3 Å². The van der Waals surface area contributed by atoms with Gasteiger partial charge in [-0.25, -0.2) is 4.68 Å². The van der Waals surface area contributed by atoms with Crippen LogP contribution in [0, 0.1) is 5.41 Å². The number of hydrogen-bond donors (Lipinski definition) is 2. The highest BCUT2D eigenvalue weighted by Gasteiger charge is 2.28. The van der Waals surface area contributed by atoms with Gasteiger partial charge in [0.1, 0.15) is 5.82 Å². The molecule has 2 N–H and O–H groups in total. The van der Waals surface area contributed by atoms with Crippen LogP contribution in [0.4, 0.5) is 5.82 Å². The molecular formula is C19H21N5O2S. The van der Waals surface area contributed by atoms with Crippen LogP contribution in [0.5, 0.6) is 10.9 Å². The Morgan fingerprint density at radius 1 is 1.48 bits per heavy atom. The van der Waals surface area contributed by atoms with Crippen LogP contribution in [0.3, 0.4) is 0 Å². The number of anilines is 1. The lowest BCUT2D eigenvalue weighted by atomic mass is 10.1. The van der Waals surface area contributed by atoms with Crippen molar-refractivity contribution in [1.82, 2.24) is 14.8 Å². The van der Waals surface area contributed by atoms with Crippen LogP contribution in [0.1, 0.15) is 44.2 Å². The summed E-state index contributed by atoms with van der Waals surface area (Å²) in [7, 11) is 0. The fourth-order valence-electron chi connectivity index (χ4n) is 3.43. The number of rotatable bonds is 7. The molecule has 0 aliphatic heterocycles. The molecule has 0 amide bonds. The van der Waals surface area contributed by atoms with E-state index >= 15 is 0 Å². The van der Waals surface area contributed by atoms with E-state index in [-0.39, 0.29) is 0 Å². The van der Waals surface area contributed by atoms with E-state index in [1.54, 1.807) is 13.1 Å². The molecule has 1 saturated carbocycles. The summed E-state index contributed by atoms with van der Waals surface area (Å²) < 4.78 is 13.3.